The Hall–Kier alpha value is -2.97. The van der Waals surface area contributed by atoms with Crippen LogP contribution in [0.5, 0.6) is 0 Å². The molecule has 0 amide bonds. The molecule has 9 heteroatoms. The Morgan fingerprint density at radius 3 is 2.45 bits per heavy atom. The second-order valence-electron chi connectivity index (χ2n) is 5.49. The maximum atomic E-state index is 12.1. The lowest BCUT2D eigenvalue weighted by molar-refractivity contribution is -0.384. The summed E-state index contributed by atoms with van der Waals surface area (Å²) in [4.78, 5) is 33.3. The van der Waals surface area contributed by atoms with Crippen molar-refractivity contribution < 1.29 is 24.4 Å². The summed E-state index contributed by atoms with van der Waals surface area (Å²) in [6, 6.07) is 3.40. The topological polar surface area (TPSA) is 127 Å². The number of aromatic carboxylic acids is 1. The number of carbonyl (C=O) groups excluding carboxylic acids is 2. The van der Waals surface area contributed by atoms with E-state index in [0.29, 0.717) is 0 Å². The fourth-order valence-electron chi connectivity index (χ4n) is 1.81. The van der Waals surface area contributed by atoms with Crippen molar-refractivity contribution in [1.29, 1.82) is 0 Å². The largest absolute Gasteiger partial charge is 0.543 e. The highest BCUT2D eigenvalue weighted by Crippen LogP contribution is 2.24. The van der Waals surface area contributed by atoms with Crippen LogP contribution in [0.4, 0.5) is 10.5 Å². The molecule has 1 aromatic heterocycles. The molecule has 2 rings (SSSR count). The Kier molecular flexibility index (Phi) is 3.57. The van der Waals surface area contributed by atoms with Crippen LogP contribution in [0, 0.1) is 10.1 Å². The van der Waals surface area contributed by atoms with Gasteiger partial charge in [-0.05, 0) is 26.8 Å². The highest BCUT2D eigenvalue weighted by molar-refractivity contribution is 6.03. The van der Waals surface area contributed by atoms with Gasteiger partial charge in [0, 0.05) is 17.5 Å². The number of carboxylic acids is 1. The maximum Gasteiger partial charge on any atom is 0.435 e. The lowest BCUT2D eigenvalue weighted by Gasteiger charge is -2.19. The summed E-state index contributed by atoms with van der Waals surface area (Å²) in [7, 11) is 0. The molecule has 22 heavy (non-hydrogen) atoms. The molecule has 0 unspecified atom stereocenters. The molecule has 0 bridgehead atoms. The van der Waals surface area contributed by atoms with Gasteiger partial charge in [-0.2, -0.15) is 9.78 Å². The third kappa shape index (κ3) is 2.87. The maximum absolute atomic E-state index is 12.1. The molecule has 2 aromatic rings. The number of nitro groups is 1. The molecular formula is C13H12N3O6-. The molecule has 9 nitrogen and oxygen atoms in total. The molecule has 0 atom stereocenters. The average molecular weight is 306 g/mol. The Morgan fingerprint density at radius 1 is 1.32 bits per heavy atom. The molecule has 1 heterocycles. The number of non-ortho nitro benzene ring substituents is 1. The molecule has 0 fully saturated rings. The summed E-state index contributed by atoms with van der Waals surface area (Å²) >= 11 is 0. The van der Waals surface area contributed by atoms with Crippen LogP contribution in [0.25, 0.3) is 10.9 Å². The number of hydrogen-bond donors (Lipinski definition) is 0. The van der Waals surface area contributed by atoms with Crippen molar-refractivity contribution in [2.24, 2.45) is 0 Å². The first-order chi connectivity index (χ1) is 10.1. The second kappa shape index (κ2) is 5.10. The Bertz CT molecular complexity index is 787. The van der Waals surface area contributed by atoms with E-state index in [2.05, 4.69) is 5.10 Å². The normalized spacial score (nSPS) is 11.4. The highest BCUT2D eigenvalue weighted by Gasteiger charge is 2.23. The summed E-state index contributed by atoms with van der Waals surface area (Å²) in [6.45, 7) is 4.92. The summed E-state index contributed by atoms with van der Waals surface area (Å²) < 4.78 is 5.86. The molecule has 0 radical (unpaired) electrons. The van der Waals surface area contributed by atoms with E-state index in [-0.39, 0.29) is 16.6 Å². The molecule has 0 spiro atoms. The fraction of sp³-hybridized carbons (Fsp3) is 0.308. The third-order valence-corrected chi connectivity index (χ3v) is 2.63. The van der Waals surface area contributed by atoms with Crippen molar-refractivity contribution in [2.45, 2.75) is 26.4 Å². The summed E-state index contributed by atoms with van der Waals surface area (Å²) in [5.74, 6) is -1.65. The van der Waals surface area contributed by atoms with Gasteiger partial charge in [0.2, 0.25) is 0 Å². The standard InChI is InChI=1S/C13H13N3O6/c1-13(2,3)22-12(19)15-9-5-4-7(16(20)21)6-8(9)10(14-15)11(17)18/h4-6H,1-3H3,(H,17,18)/p-1. The lowest BCUT2D eigenvalue weighted by atomic mass is 10.2. The van der Waals surface area contributed by atoms with Crippen molar-refractivity contribution in [3.05, 3.63) is 34.0 Å². The highest BCUT2D eigenvalue weighted by atomic mass is 16.6. The fourth-order valence-corrected chi connectivity index (χ4v) is 1.81. The van der Waals surface area contributed by atoms with Gasteiger partial charge in [0.15, 0.2) is 0 Å². The lowest BCUT2D eigenvalue weighted by Crippen LogP contribution is -2.28. The minimum atomic E-state index is -1.65. The van der Waals surface area contributed by atoms with Crippen LogP contribution in [-0.4, -0.2) is 32.4 Å². The quantitative estimate of drug-likeness (QED) is 0.600. The van der Waals surface area contributed by atoms with E-state index < -0.39 is 28.3 Å². The SMILES string of the molecule is CC(C)(C)OC(=O)n1nc(C(=O)[O-])c2cc([N+](=O)[O-])ccc21. The predicted octanol–water partition coefficient (Wildman–Crippen LogP) is 1.09. The van der Waals surface area contributed by atoms with Crippen LogP contribution in [-0.2, 0) is 4.74 Å². The molecule has 0 aliphatic rings. The van der Waals surface area contributed by atoms with E-state index in [1.807, 2.05) is 0 Å². The monoisotopic (exact) mass is 306 g/mol. The average Bonchev–Trinajstić information content (AvgIpc) is 2.75. The van der Waals surface area contributed by atoms with Gasteiger partial charge in [-0.1, -0.05) is 0 Å². The van der Waals surface area contributed by atoms with Gasteiger partial charge in [0.1, 0.15) is 11.3 Å². The van der Waals surface area contributed by atoms with Gasteiger partial charge in [0.25, 0.3) is 5.69 Å². The molecule has 0 saturated carbocycles. The summed E-state index contributed by atoms with van der Waals surface area (Å²) in [5.41, 5.74) is -1.61. The van der Waals surface area contributed by atoms with Gasteiger partial charge in [-0.3, -0.25) is 10.1 Å². The Morgan fingerprint density at radius 2 is 1.95 bits per heavy atom. The van der Waals surface area contributed by atoms with Gasteiger partial charge < -0.3 is 14.6 Å². The van der Waals surface area contributed by atoms with E-state index >= 15 is 0 Å². The zero-order chi connectivity index (χ0) is 16.7. The number of nitro benzene ring substituents is 1. The van der Waals surface area contributed by atoms with E-state index in [4.69, 9.17) is 4.74 Å². The smallest absolute Gasteiger partial charge is 0.435 e. The van der Waals surface area contributed by atoms with Crippen molar-refractivity contribution in [3.8, 4) is 0 Å². The minimum Gasteiger partial charge on any atom is -0.543 e. The zero-order valence-electron chi connectivity index (χ0n) is 12.0. The van der Waals surface area contributed by atoms with Crippen LogP contribution in [0.3, 0.4) is 0 Å². The molecule has 0 N–H and O–H groups in total. The molecule has 0 aliphatic carbocycles. The van der Waals surface area contributed by atoms with Crippen LogP contribution in [0.1, 0.15) is 31.3 Å². The number of hydrogen-bond acceptors (Lipinski definition) is 7. The first kappa shape index (κ1) is 15.4. The van der Waals surface area contributed by atoms with Gasteiger partial charge in [0.05, 0.1) is 16.4 Å². The van der Waals surface area contributed by atoms with Gasteiger partial charge >= 0.3 is 6.09 Å². The molecule has 116 valence electrons. The van der Waals surface area contributed by atoms with Crippen molar-refractivity contribution in [1.82, 2.24) is 9.78 Å². The number of fused-ring (bicyclic) bond motifs is 1. The number of carboxylic acid groups (broad SMARTS) is 1. The number of benzene rings is 1. The summed E-state index contributed by atoms with van der Waals surface area (Å²) in [6.07, 6.45) is -0.890. The van der Waals surface area contributed by atoms with Gasteiger partial charge in [-0.15, -0.1) is 0 Å². The second-order valence-corrected chi connectivity index (χ2v) is 5.49. The predicted molar refractivity (Wildman–Crippen MR) is 72.3 cm³/mol. The van der Waals surface area contributed by atoms with E-state index in [1.165, 1.54) is 6.07 Å². The zero-order valence-corrected chi connectivity index (χ0v) is 12.0. The molecule has 0 saturated heterocycles. The number of nitrogens with zero attached hydrogens (tertiary/aromatic N) is 3. The van der Waals surface area contributed by atoms with E-state index in [1.54, 1.807) is 20.8 Å². The van der Waals surface area contributed by atoms with Crippen molar-refractivity contribution >= 4 is 28.7 Å². The molecule has 1 aromatic carbocycles. The van der Waals surface area contributed by atoms with Gasteiger partial charge in [-0.25, -0.2) is 4.79 Å². The van der Waals surface area contributed by atoms with Crippen molar-refractivity contribution in [3.63, 3.8) is 0 Å². The molecular weight excluding hydrogens is 294 g/mol. The number of rotatable bonds is 2. The van der Waals surface area contributed by atoms with E-state index in [9.17, 15) is 24.8 Å². The summed E-state index contributed by atoms with van der Waals surface area (Å²) in [5, 5.41) is 25.4. The Balaban J connectivity index is 2.64. The first-order valence-electron chi connectivity index (χ1n) is 6.22. The van der Waals surface area contributed by atoms with Crippen LogP contribution >= 0.6 is 0 Å². The van der Waals surface area contributed by atoms with Crippen LogP contribution in [0.2, 0.25) is 0 Å². The van der Waals surface area contributed by atoms with Crippen molar-refractivity contribution in [2.75, 3.05) is 0 Å². The van der Waals surface area contributed by atoms with Crippen LogP contribution in [0.15, 0.2) is 18.2 Å². The van der Waals surface area contributed by atoms with Crippen LogP contribution < -0.4 is 5.11 Å². The first-order valence-corrected chi connectivity index (χ1v) is 6.22. The number of ether oxygens (including phenoxy) is 1. The van der Waals surface area contributed by atoms with E-state index in [0.717, 1.165) is 16.8 Å². The number of carbonyl (C=O) groups is 2. The Labute approximate surface area is 124 Å². The third-order valence-electron chi connectivity index (χ3n) is 2.63. The minimum absolute atomic E-state index is 0.0694. The number of aromatic nitrogens is 2. The molecule has 0 aliphatic heterocycles.